The molecule has 0 bridgehead atoms. The van der Waals surface area contributed by atoms with Gasteiger partial charge in [-0.15, -0.1) is 0 Å². The standard InChI is InChI=1S/C27H32N4O3/c1-2-25(32)31-17-14-20(15-18-31)7-6-16-30-19-24(27(29)33)26(28)21-10-12-23(13-11-21)34-22-8-4-3-5-9-22/h2-5,8-13,19-20,28,30H,1,6-7,14-18H2,(H2,29,33)/b24-19-,28-26?. The first-order valence-electron chi connectivity index (χ1n) is 11.5. The van der Waals surface area contributed by atoms with Gasteiger partial charge in [0.15, 0.2) is 0 Å². The maximum Gasteiger partial charge on any atom is 0.252 e. The van der Waals surface area contributed by atoms with Crippen molar-refractivity contribution < 1.29 is 14.3 Å². The summed E-state index contributed by atoms with van der Waals surface area (Å²) in [5.41, 5.74) is 6.31. The van der Waals surface area contributed by atoms with Crippen LogP contribution in [0.4, 0.5) is 0 Å². The molecular formula is C27H32N4O3. The molecule has 7 nitrogen and oxygen atoms in total. The molecule has 178 valence electrons. The molecule has 0 spiro atoms. The van der Waals surface area contributed by atoms with Gasteiger partial charge in [0.1, 0.15) is 11.5 Å². The lowest BCUT2D eigenvalue weighted by Crippen LogP contribution is -2.37. The normalized spacial score (nSPS) is 14.4. The minimum Gasteiger partial charge on any atom is -0.457 e. The number of primary amides is 1. The van der Waals surface area contributed by atoms with Gasteiger partial charge in [0.25, 0.3) is 5.91 Å². The summed E-state index contributed by atoms with van der Waals surface area (Å²) >= 11 is 0. The Morgan fingerprint density at radius 2 is 1.74 bits per heavy atom. The van der Waals surface area contributed by atoms with E-state index in [-0.39, 0.29) is 17.2 Å². The topological polar surface area (TPSA) is 109 Å². The van der Waals surface area contributed by atoms with Crippen molar-refractivity contribution in [1.82, 2.24) is 10.2 Å². The van der Waals surface area contributed by atoms with Crippen LogP contribution in [-0.2, 0) is 9.59 Å². The SMILES string of the molecule is C=CC(=O)N1CCC(CCCN/C=C(/C(=N)c2ccc(Oc3ccccc3)cc2)C(N)=O)CC1. The number of nitrogens with one attached hydrogen (secondary N) is 2. The van der Waals surface area contributed by atoms with E-state index in [1.807, 2.05) is 35.2 Å². The lowest BCUT2D eigenvalue weighted by Gasteiger charge is -2.31. The van der Waals surface area contributed by atoms with Gasteiger partial charge in [-0.05, 0) is 74.1 Å². The number of benzene rings is 2. The number of amides is 2. The molecule has 34 heavy (non-hydrogen) atoms. The molecule has 0 aromatic heterocycles. The van der Waals surface area contributed by atoms with Crippen molar-refractivity contribution in [1.29, 1.82) is 5.41 Å². The Morgan fingerprint density at radius 3 is 2.35 bits per heavy atom. The van der Waals surface area contributed by atoms with Gasteiger partial charge in [0.05, 0.1) is 11.3 Å². The number of nitrogens with zero attached hydrogens (tertiary/aromatic N) is 1. The first kappa shape index (κ1) is 24.8. The number of piperidine rings is 1. The van der Waals surface area contributed by atoms with Crippen LogP contribution in [-0.4, -0.2) is 42.1 Å². The van der Waals surface area contributed by atoms with Crippen LogP contribution in [0.2, 0.25) is 0 Å². The second-order valence-corrected chi connectivity index (χ2v) is 8.31. The first-order valence-corrected chi connectivity index (χ1v) is 11.5. The average Bonchev–Trinajstić information content (AvgIpc) is 2.86. The minimum atomic E-state index is -0.652. The summed E-state index contributed by atoms with van der Waals surface area (Å²) in [6.45, 7) is 5.78. The molecule has 2 amide bonds. The summed E-state index contributed by atoms with van der Waals surface area (Å²) in [6, 6.07) is 16.4. The summed E-state index contributed by atoms with van der Waals surface area (Å²) in [6.07, 6.45) is 6.87. The Morgan fingerprint density at radius 1 is 1.09 bits per heavy atom. The quantitative estimate of drug-likeness (QED) is 0.267. The molecule has 4 N–H and O–H groups in total. The smallest absolute Gasteiger partial charge is 0.252 e. The largest absolute Gasteiger partial charge is 0.457 e. The second kappa shape index (κ2) is 12.4. The number of nitrogens with two attached hydrogens (primary N) is 1. The lowest BCUT2D eigenvalue weighted by molar-refractivity contribution is -0.127. The average molecular weight is 461 g/mol. The van der Waals surface area contributed by atoms with E-state index in [1.165, 1.54) is 12.3 Å². The molecule has 2 aromatic carbocycles. The van der Waals surface area contributed by atoms with E-state index >= 15 is 0 Å². The first-order chi connectivity index (χ1) is 16.5. The number of carbonyl (C=O) groups is 2. The van der Waals surface area contributed by atoms with E-state index in [9.17, 15) is 9.59 Å². The fourth-order valence-electron chi connectivity index (χ4n) is 3.97. The van der Waals surface area contributed by atoms with Gasteiger partial charge in [-0.3, -0.25) is 15.0 Å². The number of para-hydroxylation sites is 1. The number of hydrogen-bond donors (Lipinski definition) is 3. The zero-order valence-corrected chi connectivity index (χ0v) is 19.3. The van der Waals surface area contributed by atoms with Crippen molar-refractivity contribution in [2.24, 2.45) is 11.7 Å². The molecule has 1 heterocycles. The molecule has 3 rings (SSSR count). The molecule has 1 aliphatic rings. The maximum atomic E-state index is 12.0. The molecule has 0 aliphatic carbocycles. The number of likely N-dealkylation sites (tertiary alicyclic amines) is 1. The van der Waals surface area contributed by atoms with Gasteiger partial charge in [0.2, 0.25) is 5.91 Å². The van der Waals surface area contributed by atoms with Gasteiger partial charge >= 0.3 is 0 Å². The molecule has 1 fully saturated rings. The van der Waals surface area contributed by atoms with E-state index in [0.29, 0.717) is 23.8 Å². The molecule has 1 aliphatic heterocycles. The molecule has 7 heteroatoms. The third-order valence-electron chi connectivity index (χ3n) is 5.94. The molecule has 2 aromatic rings. The van der Waals surface area contributed by atoms with Gasteiger partial charge < -0.3 is 20.7 Å². The molecule has 0 unspecified atom stereocenters. The van der Waals surface area contributed by atoms with Crippen molar-refractivity contribution in [3.8, 4) is 11.5 Å². The summed E-state index contributed by atoms with van der Waals surface area (Å²) in [5.74, 6) is 1.31. The fraction of sp³-hybridized carbons (Fsp3) is 0.296. The van der Waals surface area contributed by atoms with Gasteiger partial charge in [-0.2, -0.15) is 0 Å². The number of rotatable bonds is 11. The van der Waals surface area contributed by atoms with Crippen molar-refractivity contribution in [3.05, 3.63) is 84.6 Å². The lowest BCUT2D eigenvalue weighted by atomic mass is 9.92. The molecule has 0 radical (unpaired) electrons. The highest BCUT2D eigenvalue weighted by atomic mass is 16.5. The van der Waals surface area contributed by atoms with Crippen LogP contribution in [0.5, 0.6) is 11.5 Å². The van der Waals surface area contributed by atoms with Gasteiger partial charge in [-0.1, -0.05) is 24.8 Å². The van der Waals surface area contributed by atoms with E-state index < -0.39 is 5.91 Å². The number of ether oxygens (including phenoxy) is 1. The van der Waals surface area contributed by atoms with Crippen molar-refractivity contribution in [3.63, 3.8) is 0 Å². The monoisotopic (exact) mass is 460 g/mol. The van der Waals surface area contributed by atoms with Crippen LogP contribution in [0, 0.1) is 11.3 Å². The van der Waals surface area contributed by atoms with Gasteiger partial charge in [0, 0.05) is 31.4 Å². The van der Waals surface area contributed by atoms with Crippen LogP contribution in [0.3, 0.4) is 0 Å². The fourth-order valence-corrected chi connectivity index (χ4v) is 3.97. The van der Waals surface area contributed by atoms with Crippen LogP contribution in [0.1, 0.15) is 31.2 Å². The third kappa shape index (κ3) is 7.07. The van der Waals surface area contributed by atoms with Crippen LogP contribution >= 0.6 is 0 Å². The predicted molar refractivity (Wildman–Crippen MR) is 134 cm³/mol. The summed E-state index contributed by atoms with van der Waals surface area (Å²) in [5, 5.41) is 11.6. The van der Waals surface area contributed by atoms with Crippen molar-refractivity contribution in [2.45, 2.75) is 25.7 Å². The number of carbonyl (C=O) groups excluding carboxylic acids is 2. The third-order valence-corrected chi connectivity index (χ3v) is 5.94. The summed E-state index contributed by atoms with van der Waals surface area (Å²) < 4.78 is 5.77. The second-order valence-electron chi connectivity index (χ2n) is 8.31. The Kier molecular flexibility index (Phi) is 9.03. The van der Waals surface area contributed by atoms with E-state index in [1.54, 1.807) is 24.3 Å². The van der Waals surface area contributed by atoms with Gasteiger partial charge in [-0.25, -0.2) is 0 Å². The summed E-state index contributed by atoms with van der Waals surface area (Å²) in [7, 11) is 0. The number of hydrogen-bond acceptors (Lipinski definition) is 5. The van der Waals surface area contributed by atoms with Crippen molar-refractivity contribution >= 4 is 17.5 Å². The van der Waals surface area contributed by atoms with E-state index in [0.717, 1.165) is 44.5 Å². The summed E-state index contributed by atoms with van der Waals surface area (Å²) in [4.78, 5) is 25.5. The Bertz CT molecular complexity index is 1020. The van der Waals surface area contributed by atoms with Crippen molar-refractivity contribution in [2.75, 3.05) is 19.6 Å². The van der Waals surface area contributed by atoms with Crippen LogP contribution < -0.4 is 15.8 Å². The van der Waals surface area contributed by atoms with Crippen LogP contribution in [0.15, 0.2) is 79.0 Å². The zero-order chi connectivity index (χ0) is 24.3. The maximum absolute atomic E-state index is 12.0. The highest BCUT2D eigenvalue weighted by Crippen LogP contribution is 2.23. The minimum absolute atomic E-state index is 0.00467. The Balaban J connectivity index is 1.47. The zero-order valence-electron chi connectivity index (χ0n) is 19.3. The van der Waals surface area contributed by atoms with E-state index in [4.69, 9.17) is 15.9 Å². The predicted octanol–water partition coefficient (Wildman–Crippen LogP) is 4.01. The Hall–Kier alpha value is -3.87. The highest BCUT2D eigenvalue weighted by Gasteiger charge is 2.21. The highest BCUT2D eigenvalue weighted by molar-refractivity contribution is 6.26. The molecule has 0 atom stereocenters. The molecule has 1 saturated heterocycles. The molecular weight excluding hydrogens is 428 g/mol. The van der Waals surface area contributed by atoms with Crippen LogP contribution in [0.25, 0.3) is 0 Å². The molecule has 0 saturated carbocycles. The van der Waals surface area contributed by atoms with E-state index in [2.05, 4.69) is 11.9 Å². The Labute approximate surface area is 200 Å².